The second-order valence-electron chi connectivity index (χ2n) is 4.22. The Bertz CT molecular complexity index is 720. The van der Waals surface area contributed by atoms with Gasteiger partial charge in [-0.3, -0.25) is 0 Å². The molecule has 1 aromatic carbocycles. The molecule has 0 spiro atoms. The van der Waals surface area contributed by atoms with Gasteiger partial charge in [-0.05, 0) is 30.3 Å². The van der Waals surface area contributed by atoms with Crippen LogP contribution in [0.25, 0.3) is 16.9 Å². The lowest BCUT2D eigenvalue weighted by Gasteiger charge is -2.00. The maximum atomic E-state index is 5.66. The van der Waals surface area contributed by atoms with Crippen LogP contribution in [0.4, 0.5) is 5.82 Å². The Morgan fingerprint density at radius 3 is 2.65 bits per heavy atom. The summed E-state index contributed by atoms with van der Waals surface area (Å²) in [6.45, 7) is 0. The number of pyridine rings is 1. The number of anilines is 1. The van der Waals surface area contributed by atoms with E-state index in [0.717, 1.165) is 22.7 Å². The van der Waals surface area contributed by atoms with Crippen molar-refractivity contribution < 1.29 is 4.74 Å². The standard InChI is InChI=1S/C14H13N5O/c1-20-12-4-2-10(3-5-12)13-9-19(18-17-13)11-6-7-16-14(15)8-11/h2-9H,1H3,(H2,15,16). The second kappa shape index (κ2) is 5.00. The minimum Gasteiger partial charge on any atom is -0.497 e. The van der Waals surface area contributed by atoms with E-state index in [1.165, 1.54) is 0 Å². The molecule has 0 aliphatic heterocycles. The van der Waals surface area contributed by atoms with Crippen molar-refractivity contribution >= 4 is 5.82 Å². The van der Waals surface area contributed by atoms with Crippen LogP contribution in [0.5, 0.6) is 5.75 Å². The molecule has 6 nitrogen and oxygen atoms in total. The molecule has 3 rings (SSSR count). The van der Waals surface area contributed by atoms with E-state index >= 15 is 0 Å². The smallest absolute Gasteiger partial charge is 0.125 e. The van der Waals surface area contributed by atoms with Crippen molar-refractivity contribution in [3.63, 3.8) is 0 Å². The highest BCUT2D eigenvalue weighted by molar-refractivity contribution is 5.59. The van der Waals surface area contributed by atoms with Crippen LogP contribution < -0.4 is 10.5 Å². The first kappa shape index (κ1) is 12.2. The summed E-state index contributed by atoms with van der Waals surface area (Å²) in [6.07, 6.45) is 3.48. The van der Waals surface area contributed by atoms with Gasteiger partial charge in [0.2, 0.25) is 0 Å². The SMILES string of the molecule is COc1ccc(-c2cn(-c3ccnc(N)c3)nn2)cc1. The zero-order valence-electron chi connectivity index (χ0n) is 10.9. The van der Waals surface area contributed by atoms with Gasteiger partial charge in [0.25, 0.3) is 0 Å². The van der Waals surface area contributed by atoms with E-state index in [2.05, 4.69) is 15.3 Å². The van der Waals surface area contributed by atoms with Crippen LogP contribution in [-0.4, -0.2) is 27.1 Å². The first-order chi connectivity index (χ1) is 9.76. The first-order valence-corrected chi connectivity index (χ1v) is 6.05. The highest BCUT2D eigenvalue weighted by Gasteiger charge is 2.06. The van der Waals surface area contributed by atoms with Gasteiger partial charge in [0.15, 0.2) is 0 Å². The molecule has 0 bridgehead atoms. The second-order valence-corrected chi connectivity index (χ2v) is 4.22. The molecule has 0 saturated carbocycles. The Morgan fingerprint density at radius 1 is 1.15 bits per heavy atom. The molecule has 6 heteroatoms. The number of ether oxygens (including phenoxy) is 1. The van der Waals surface area contributed by atoms with E-state index in [0.29, 0.717) is 5.82 Å². The molecule has 20 heavy (non-hydrogen) atoms. The van der Waals surface area contributed by atoms with Gasteiger partial charge in [0, 0.05) is 17.8 Å². The monoisotopic (exact) mass is 267 g/mol. The quantitative estimate of drug-likeness (QED) is 0.784. The van der Waals surface area contributed by atoms with Gasteiger partial charge in [0.05, 0.1) is 19.0 Å². The first-order valence-electron chi connectivity index (χ1n) is 6.05. The number of nitrogens with zero attached hydrogens (tertiary/aromatic N) is 4. The molecule has 100 valence electrons. The number of hydrogen-bond donors (Lipinski definition) is 1. The number of aromatic nitrogens is 4. The van der Waals surface area contributed by atoms with Crippen molar-refractivity contribution in [1.82, 2.24) is 20.0 Å². The zero-order valence-corrected chi connectivity index (χ0v) is 10.9. The van der Waals surface area contributed by atoms with Crippen molar-refractivity contribution in [2.24, 2.45) is 0 Å². The predicted octanol–water partition coefficient (Wildman–Crippen LogP) is 1.92. The Kier molecular flexibility index (Phi) is 3.04. The Morgan fingerprint density at radius 2 is 1.95 bits per heavy atom. The summed E-state index contributed by atoms with van der Waals surface area (Å²) in [5.74, 6) is 1.26. The van der Waals surface area contributed by atoms with Crippen molar-refractivity contribution in [3.05, 3.63) is 48.8 Å². The Hall–Kier alpha value is -2.89. The lowest BCUT2D eigenvalue weighted by molar-refractivity contribution is 0.415. The van der Waals surface area contributed by atoms with Gasteiger partial charge in [-0.25, -0.2) is 9.67 Å². The summed E-state index contributed by atoms with van der Waals surface area (Å²) in [7, 11) is 1.64. The molecule has 0 unspecified atom stereocenters. The molecule has 0 atom stereocenters. The molecule has 0 amide bonds. The topological polar surface area (TPSA) is 78.9 Å². The van der Waals surface area contributed by atoms with Gasteiger partial charge in [-0.1, -0.05) is 5.21 Å². The van der Waals surface area contributed by atoms with Crippen molar-refractivity contribution in [2.45, 2.75) is 0 Å². The van der Waals surface area contributed by atoms with Gasteiger partial charge < -0.3 is 10.5 Å². The van der Waals surface area contributed by atoms with Crippen molar-refractivity contribution in [1.29, 1.82) is 0 Å². The molecule has 2 aromatic heterocycles. The van der Waals surface area contributed by atoms with E-state index < -0.39 is 0 Å². The summed E-state index contributed by atoms with van der Waals surface area (Å²) in [6, 6.07) is 11.2. The maximum Gasteiger partial charge on any atom is 0.125 e. The van der Waals surface area contributed by atoms with Crippen LogP contribution in [0.1, 0.15) is 0 Å². The molecule has 0 aliphatic rings. The van der Waals surface area contributed by atoms with Crippen LogP contribution in [0, 0.1) is 0 Å². The summed E-state index contributed by atoms with van der Waals surface area (Å²) < 4.78 is 6.79. The van der Waals surface area contributed by atoms with Gasteiger partial charge in [-0.2, -0.15) is 0 Å². The van der Waals surface area contributed by atoms with Gasteiger partial charge >= 0.3 is 0 Å². The number of nitrogen functional groups attached to an aromatic ring is 1. The van der Waals surface area contributed by atoms with Crippen LogP contribution in [0.15, 0.2) is 48.8 Å². The van der Waals surface area contributed by atoms with E-state index in [1.54, 1.807) is 24.1 Å². The lowest BCUT2D eigenvalue weighted by atomic mass is 10.2. The fourth-order valence-corrected chi connectivity index (χ4v) is 1.86. The molecular formula is C14H13N5O. The molecule has 0 radical (unpaired) electrons. The molecule has 0 aliphatic carbocycles. The maximum absolute atomic E-state index is 5.66. The largest absolute Gasteiger partial charge is 0.497 e. The summed E-state index contributed by atoms with van der Waals surface area (Å²) in [5.41, 5.74) is 8.24. The van der Waals surface area contributed by atoms with Crippen LogP contribution in [0.3, 0.4) is 0 Å². The normalized spacial score (nSPS) is 10.4. The Balaban J connectivity index is 1.93. The molecule has 0 saturated heterocycles. The fourth-order valence-electron chi connectivity index (χ4n) is 1.86. The fraction of sp³-hybridized carbons (Fsp3) is 0.0714. The van der Waals surface area contributed by atoms with Crippen molar-refractivity contribution in [3.8, 4) is 22.7 Å². The minimum atomic E-state index is 0.448. The number of benzene rings is 1. The van der Waals surface area contributed by atoms with E-state index in [4.69, 9.17) is 10.5 Å². The summed E-state index contributed by atoms with van der Waals surface area (Å²) in [4.78, 5) is 3.95. The Labute approximate surface area is 115 Å². The predicted molar refractivity (Wildman–Crippen MR) is 75.6 cm³/mol. The van der Waals surface area contributed by atoms with Crippen LogP contribution >= 0.6 is 0 Å². The number of nitrogens with two attached hydrogens (primary N) is 1. The van der Waals surface area contributed by atoms with E-state index in [-0.39, 0.29) is 0 Å². The molecule has 2 N–H and O–H groups in total. The van der Waals surface area contributed by atoms with Gasteiger partial charge in [0.1, 0.15) is 17.3 Å². The number of methoxy groups -OCH3 is 1. The molecular weight excluding hydrogens is 254 g/mol. The third kappa shape index (κ3) is 2.31. The molecule has 3 aromatic rings. The van der Waals surface area contributed by atoms with Crippen molar-refractivity contribution in [2.75, 3.05) is 12.8 Å². The molecule has 2 heterocycles. The number of rotatable bonds is 3. The highest BCUT2D eigenvalue weighted by Crippen LogP contribution is 2.21. The van der Waals surface area contributed by atoms with Gasteiger partial charge in [-0.15, -0.1) is 5.10 Å². The third-order valence-electron chi connectivity index (χ3n) is 2.91. The van der Waals surface area contributed by atoms with Crippen LogP contribution in [-0.2, 0) is 0 Å². The average Bonchev–Trinajstić information content (AvgIpc) is 2.97. The summed E-state index contributed by atoms with van der Waals surface area (Å²) >= 11 is 0. The number of hydrogen-bond acceptors (Lipinski definition) is 5. The minimum absolute atomic E-state index is 0.448. The molecule has 0 fully saturated rings. The average molecular weight is 267 g/mol. The zero-order chi connectivity index (χ0) is 13.9. The highest BCUT2D eigenvalue weighted by atomic mass is 16.5. The summed E-state index contributed by atoms with van der Waals surface area (Å²) in [5, 5.41) is 8.26. The third-order valence-corrected chi connectivity index (χ3v) is 2.91. The van der Waals surface area contributed by atoms with E-state index in [1.807, 2.05) is 36.5 Å². The van der Waals surface area contributed by atoms with Crippen LogP contribution in [0.2, 0.25) is 0 Å². The van der Waals surface area contributed by atoms with E-state index in [9.17, 15) is 0 Å². The lowest BCUT2D eigenvalue weighted by Crippen LogP contribution is -1.97.